The Hall–Kier alpha value is -3.01. The van der Waals surface area contributed by atoms with Gasteiger partial charge in [-0.2, -0.15) is 0 Å². The molecule has 0 N–H and O–H groups in total. The van der Waals surface area contributed by atoms with Crippen molar-refractivity contribution in [2.45, 2.75) is 12.8 Å². The van der Waals surface area contributed by atoms with Crippen LogP contribution < -0.4 is 0 Å². The topological polar surface area (TPSA) is 43.4 Å². The van der Waals surface area contributed by atoms with E-state index in [9.17, 15) is 14.0 Å². The van der Waals surface area contributed by atoms with Crippen LogP contribution in [0.5, 0.6) is 0 Å². The smallest absolute Gasteiger partial charge is 0.338 e. The molecule has 0 heterocycles. The number of benzene rings is 2. The molecule has 4 heteroatoms. The summed E-state index contributed by atoms with van der Waals surface area (Å²) in [5, 5.41) is 0. The Kier molecular flexibility index (Phi) is 5.20. The molecule has 1 fully saturated rings. The van der Waals surface area contributed by atoms with E-state index in [1.807, 2.05) is 0 Å². The van der Waals surface area contributed by atoms with Gasteiger partial charge in [-0.1, -0.05) is 42.5 Å². The van der Waals surface area contributed by atoms with Crippen LogP contribution in [0.2, 0.25) is 0 Å². The third-order valence-corrected chi connectivity index (χ3v) is 5.55. The molecule has 2 aromatic rings. The van der Waals surface area contributed by atoms with Crippen molar-refractivity contribution in [2.24, 2.45) is 17.8 Å². The molecule has 2 bridgehead atoms. The molecule has 2 aromatic carbocycles. The predicted octanol–water partition coefficient (Wildman–Crippen LogP) is 5.09. The molecule has 4 rings (SSSR count). The Morgan fingerprint density at radius 3 is 2.32 bits per heavy atom. The molecule has 3 unspecified atom stereocenters. The maximum atomic E-state index is 12.9. The van der Waals surface area contributed by atoms with E-state index in [0.717, 1.165) is 12.0 Å². The first-order valence-corrected chi connectivity index (χ1v) is 9.52. The van der Waals surface area contributed by atoms with Gasteiger partial charge in [0.05, 0.1) is 12.2 Å². The number of ether oxygens (including phenoxy) is 1. The molecule has 0 saturated heterocycles. The van der Waals surface area contributed by atoms with Gasteiger partial charge in [0, 0.05) is 5.56 Å². The molecule has 142 valence electrons. The van der Waals surface area contributed by atoms with E-state index < -0.39 is 0 Å². The van der Waals surface area contributed by atoms with E-state index in [0.29, 0.717) is 35.5 Å². The predicted molar refractivity (Wildman–Crippen MR) is 105 cm³/mol. The summed E-state index contributed by atoms with van der Waals surface area (Å²) in [5.41, 5.74) is 1.66. The average molecular weight is 376 g/mol. The largest absolute Gasteiger partial charge is 0.462 e. The van der Waals surface area contributed by atoms with Crippen molar-refractivity contribution in [3.8, 4) is 0 Å². The zero-order chi connectivity index (χ0) is 19.5. The van der Waals surface area contributed by atoms with Crippen LogP contribution in [0, 0.1) is 23.6 Å². The minimum Gasteiger partial charge on any atom is -0.462 e. The summed E-state index contributed by atoms with van der Waals surface area (Å²) in [4.78, 5) is 24.5. The van der Waals surface area contributed by atoms with Gasteiger partial charge in [0.2, 0.25) is 0 Å². The van der Waals surface area contributed by atoms with Crippen LogP contribution in [0.15, 0.2) is 66.8 Å². The van der Waals surface area contributed by atoms with Crippen LogP contribution in [0.1, 0.15) is 39.1 Å². The van der Waals surface area contributed by atoms with Crippen molar-refractivity contribution in [3.63, 3.8) is 0 Å². The first-order chi connectivity index (χ1) is 13.6. The number of rotatable bonds is 6. The number of esters is 1. The fourth-order valence-corrected chi connectivity index (χ4v) is 3.96. The van der Waals surface area contributed by atoms with Crippen LogP contribution >= 0.6 is 0 Å². The van der Waals surface area contributed by atoms with Gasteiger partial charge in [0.25, 0.3) is 0 Å². The fourth-order valence-electron chi connectivity index (χ4n) is 3.96. The van der Waals surface area contributed by atoms with Gasteiger partial charge in [-0.3, -0.25) is 4.79 Å². The second-order valence-corrected chi connectivity index (χ2v) is 7.47. The lowest BCUT2D eigenvalue weighted by Gasteiger charge is -2.17. The molecular formula is C24H21FO3. The van der Waals surface area contributed by atoms with Gasteiger partial charge in [0.1, 0.15) is 5.82 Å². The van der Waals surface area contributed by atoms with Crippen LogP contribution in [-0.2, 0) is 4.74 Å². The standard InChI is InChI=1S/C24H21FO3/c25-22-10-2-16(3-11-22)4-12-23(26)18-6-8-19(9-7-18)24(27)28-15-21-14-17-1-5-20(21)13-17/h1-12,17,20-21H,13-15H2. The van der Waals surface area contributed by atoms with Crippen molar-refractivity contribution in [1.29, 1.82) is 0 Å². The lowest BCUT2D eigenvalue weighted by molar-refractivity contribution is 0.0420. The molecule has 1 saturated carbocycles. The van der Waals surface area contributed by atoms with Crippen molar-refractivity contribution in [1.82, 2.24) is 0 Å². The monoisotopic (exact) mass is 376 g/mol. The molecule has 28 heavy (non-hydrogen) atoms. The Labute approximate surface area is 163 Å². The van der Waals surface area contributed by atoms with E-state index in [4.69, 9.17) is 4.74 Å². The summed E-state index contributed by atoms with van der Waals surface area (Å²) in [5.74, 6) is 0.775. The van der Waals surface area contributed by atoms with E-state index in [1.165, 1.54) is 24.6 Å². The SMILES string of the molecule is O=C(C=Cc1ccc(F)cc1)c1ccc(C(=O)OCC2CC3C=CC2C3)cc1. The van der Waals surface area contributed by atoms with E-state index in [-0.39, 0.29) is 17.6 Å². The minimum atomic E-state index is -0.354. The summed E-state index contributed by atoms with van der Waals surface area (Å²) >= 11 is 0. The second-order valence-electron chi connectivity index (χ2n) is 7.47. The van der Waals surface area contributed by atoms with Gasteiger partial charge in [-0.05, 0) is 66.5 Å². The first kappa shape index (κ1) is 18.4. The molecule has 2 aliphatic rings. The quantitative estimate of drug-likeness (QED) is 0.305. The van der Waals surface area contributed by atoms with Crippen LogP contribution in [-0.4, -0.2) is 18.4 Å². The number of carbonyl (C=O) groups excluding carboxylic acids is 2. The number of hydrogen-bond acceptors (Lipinski definition) is 3. The van der Waals surface area contributed by atoms with Crippen molar-refractivity contribution < 1.29 is 18.7 Å². The lowest BCUT2D eigenvalue weighted by Crippen LogP contribution is -2.17. The molecule has 3 nitrogen and oxygen atoms in total. The molecule has 0 radical (unpaired) electrons. The van der Waals surface area contributed by atoms with Crippen molar-refractivity contribution in [2.75, 3.05) is 6.61 Å². The van der Waals surface area contributed by atoms with Gasteiger partial charge in [-0.25, -0.2) is 9.18 Å². The maximum absolute atomic E-state index is 12.9. The number of ketones is 1. The molecule has 0 spiro atoms. The Balaban J connectivity index is 1.32. The summed E-state index contributed by atoms with van der Waals surface area (Å²) in [6, 6.07) is 12.4. The van der Waals surface area contributed by atoms with Gasteiger partial charge in [-0.15, -0.1) is 0 Å². The number of fused-ring (bicyclic) bond motifs is 2. The van der Waals surface area contributed by atoms with Crippen molar-refractivity contribution in [3.05, 3.63) is 89.3 Å². The molecular weight excluding hydrogens is 355 g/mol. The number of halogens is 1. The number of allylic oxidation sites excluding steroid dienone is 3. The van der Waals surface area contributed by atoms with Crippen LogP contribution in [0.25, 0.3) is 6.08 Å². The molecule has 0 aromatic heterocycles. The Bertz CT molecular complexity index is 925. The van der Waals surface area contributed by atoms with E-state index in [2.05, 4.69) is 12.2 Å². The minimum absolute atomic E-state index is 0.182. The lowest BCUT2D eigenvalue weighted by atomic mass is 9.95. The average Bonchev–Trinajstić information content (AvgIpc) is 3.35. The fraction of sp³-hybridized carbons (Fsp3) is 0.250. The highest BCUT2D eigenvalue weighted by atomic mass is 19.1. The van der Waals surface area contributed by atoms with Crippen molar-refractivity contribution >= 4 is 17.8 Å². The second kappa shape index (κ2) is 7.93. The Morgan fingerprint density at radius 2 is 1.68 bits per heavy atom. The molecule has 3 atom stereocenters. The summed E-state index contributed by atoms with van der Waals surface area (Å²) in [6.45, 7) is 0.450. The first-order valence-electron chi connectivity index (χ1n) is 9.52. The molecule has 0 aliphatic heterocycles. The molecule has 0 amide bonds. The van der Waals surface area contributed by atoms with Gasteiger partial charge in [0.15, 0.2) is 5.78 Å². The zero-order valence-electron chi connectivity index (χ0n) is 15.4. The van der Waals surface area contributed by atoms with Crippen LogP contribution in [0.3, 0.4) is 0 Å². The number of hydrogen-bond donors (Lipinski definition) is 0. The van der Waals surface area contributed by atoms with E-state index >= 15 is 0 Å². The summed E-state index contributed by atoms with van der Waals surface area (Å²) < 4.78 is 18.4. The third kappa shape index (κ3) is 4.11. The zero-order valence-corrected chi connectivity index (χ0v) is 15.4. The normalized spacial score (nSPS) is 22.7. The third-order valence-electron chi connectivity index (χ3n) is 5.55. The molecule has 2 aliphatic carbocycles. The highest BCUT2D eigenvalue weighted by Gasteiger charge is 2.36. The van der Waals surface area contributed by atoms with E-state index in [1.54, 1.807) is 42.5 Å². The maximum Gasteiger partial charge on any atom is 0.338 e. The van der Waals surface area contributed by atoms with Gasteiger partial charge >= 0.3 is 5.97 Å². The number of carbonyl (C=O) groups is 2. The summed E-state index contributed by atoms with van der Waals surface area (Å²) in [7, 11) is 0. The Morgan fingerprint density at radius 1 is 0.964 bits per heavy atom. The van der Waals surface area contributed by atoms with Gasteiger partial charge < -0.3 is 4.74 Å². The van der Waals surface area contributed by atoms with Crippen LogP contribution in [0.4, 0.5) is 4.39 Å². The highest BCUT2D eigenvalue weighted by molar-refractivity contribution is 6.07. The summed E-state index contributed by atoms with van der Waals surface area (Å²) in [6.07, 6.45) is 9.86. The highest BCUT2D eigenvalue weighted by Crippen LogP contribution is 2.43.